The van der Waals surface area contributed by atoms with Crippen LogP contribution in [0.2, 0.25) is 0 Å². The highest BCUT2D eigenvalue weighted by Gasteiger charge is 2.50. The fourth-order valence-corrected chi connectivity index (χ4v) is 18.1. The van der Waals surface area contributed by atoms with Gasteiger partial charge in [-0.05, 0) is 182 Å². The van der Waals surface area contributed by atoms with Crippen LogP contribution in [0.25, 0.3) is 10.9 Å². The SMILES string of the molecule is CCCC[C@H](NC(=O)[C@H](Cc1ccccc1)NC(=O)CNC(=O)[C@H](NC(=O)[C@H](Cc1ccc(OC(C)(C)C)cc1)NC(=O)OC(C)(C)C)C(C)(C)SCc1ccc(OC)cc1)C(=O)N1CCC[C@H]1C(=O)N[C@H](C(=O)N[C@@H](Cc1c[nH]c2ccccc12)C(=O)NCc1cc(C(F)(F)F)cc(C(F)(F)F)c1)C(C)(C)SC(c1ccccc1)(c1ccccc1)c1ccccc1. The Morgan fingerprint density at radius 3 is 1.54 bits per heavy atom. The minimum absolute atomic E-state index is 0.00271. The highest BCUT2D eigenvalue weighted by molar-refractivity contribution is 8.02. The van der Waals surface area contributed by atoms with Crippen LogP contribution in [0.15, 0.2) is 219 Å². The summed E-state index contributed by atoms with van der Waals surface area (Å²) in [6.07, 6.45) is -8.90. The summed E-state index contributed by atoms with van der Waals surface area (Å²) < 4.78 is 98.7. The molecule has 1 fully saturated rings. The summed E-state index contributed by atoms with van der Waals surface area (Å²) in [5, 5.41) is 23.0. The number of nitrogens with zero attached hydrogens (tertiary/aromatic N) is 1. The van der Waals surface area contributed by atoms with E-state index in [-0.39, 0.29) is 51.1 Å². The molecule has 30 heteroatoms. The third-order valence-corrected chi connectivity index (χ3v) is 24.7. The Kier molecular flexibility index (Phi) is 32.7. The van der Waals surface area contributed by atoms with Gasteiger partial charge >= 0.3 is 18.4 Å². The minimum Gasteiger partial charge on any atom is -0.497 e. The van der Waals surface area contributed by atoms with Crippen molar-refractivity contribution in [2.75, 3.05) is 20.2 Å². The lowest BCUT2D eigenvalue weighted by Gasteiger charge is -2.44. The molecule has 9 amide bonds. The second kappa shape index (κ2) is 42.7. The number of ether oxygens (including phenoxy) is 3. The van der Waals surface area contributed by atoms with Crippen molar-refractivity contribution >= 4 is 87.8 Å². The first-order chi connectivity index (χ1) is 60.0. The van der Waals surface area contributed by atoms with E-state index in [1.54, 1.807) is 153 Å². The summed E-state index contributed by atoms with van der Waals surface area (Å²) in [6.45, 7) is 18.0. The number of thioether (sulfide) groups is 2. The number of carbonyl (C=O) groups excluding carboxylic acids is 9. The van der Waals surface area contributed by atoms with Crippen LogP contribution in [-0.4, -0.2) is 146 Å². The molecule has 1 aliphatic rings. The van der Waals surface area contributed by atoms with E-state index in [4.69, 9.17) is 14.2 Å². The number of nitrogens with one attached hydrogen (secondary N) is 9. The van der Waals surface area contributed by atoms with Gasteiger partial charge in [0.15, 0.2) is 0 Å². The van der Waals surface area contributed by atoms with Gasteiger partial charge in [0.05, 0.1) is 29.5 Å². The van der Waals surface area contributed by atoms with E-state index >= 15 is 28.8 Å². The summed E-state index contributed by atoms with van der Waals surface area (Å²) in [7, 11) is 1.54. The first-order valence-corrected chi connectivity index (χ1v) is 44.0. The van der Waals surface area contributed by atoms with Crippen molar-refractivity contribution in [1.82, 2.24) is 52.4 Å². The van der Waals surface area contributed by atoms with Gasteiger partial charge in [-0.15, -0.1) is 23.5 Å². The zero-order valence-electron chi connectivity index (χ0n) is 73.2. The van der Waals surface area contributed by atoms with Crippen molar-refractivity contribution < 1.29 is 83.7 Å². The van der Waals surface area contributed by atoms with Gasteiger partial charge in [-0.2, -0.15) is 26.3 Å². The van der Waals surface area contributed by atoms with Crippen molar-refractivity contribution in [3.8, 4) is 11.5 Å². The maximum absolute atomic E-state index is 16.2. The molecule has 1 saturated heterocycles. The second-order valence-corrected chi connectivity index (χ2v) is 38.0. The van der Waals surface area contributed by atoms with E-state index in [9.17, 15) is 40.7 Å². The lowest BCUT2D eigenvalue weighted by molar-refractivity contribution is -0.143. The van der Waals surface area contributed by atoms with Crippen LogP contribution in [0.4, 0.5) is 31.1 Å². The van der Waals surface area contributed by atoms with Gasteiger partial charge in [0.1, 0.15) is 65.0 Å². The topological polar surface area (TPSA) is 297 Å². The van der Waals surface area contributed by atoms with Crippen LogP contribution in [-0.2, 0) is 91.8 Å². The highest BCUT2D eigenvalue weighted by Crippen LogP contribution is 2.54. The number of amides is 9. The number of likely N-dealkylation sites (tertiary alicyclic amines) is 1. The molecule has 9 aromatic rings. The molecular formula is C97H112F6N10O12S2. The summed E-state index contributed by atoms with van der Waals surface area (Å²) in [4.78, 5) is 141. The Bertz CT molecular complexity index is 5120. The molecule has 0 spiro atoms. The minimum atomic E-state index is -5.21. The Labute approximate surface area is 745 Å². The number of unbranched alkanes of at least 4 members (excludes halogenated alkanes) is 1. The molecular weight excluding hydrogens is 1680 g/mol. The average Bonchev–Trinajstić information content (AvgIpc) is 1.19. The van der Waals surface area contributed by atoms with Gasteiger partial charge < -0.3 is 66.6 Å². The summed E-state index contributed by atoms with van der Waals surface area (Å²) in [5.74, 6) is -5.12. The zero-order valence-corrected chi connectivity index (χ0v) is 74.9. The third kappa shape index (κ3) is 27.1. The quantitative estimate of drug-likeness (QED) is 0.0128. The van der Waals surface area contributed by atoms with Crippen LogP contribution in [0, 0.1) is 0 Å². The number of para-hydroxylation sites is 1. The van der Waals surface area contributed by atoms with Crippen molar-refractivity contribution in [1.29, 1.82) is 0 Å². The largest absolute Gasteiger partial charge is 0.497 e. The Morgan fingerprint density at radius 2 is 0.992 bits per heavy atom. The fourth-order valence-electron chi connectivity index (χ4n) is 15.2. The van der Waals surface area contributed by atoms with Crippen molar-refractivity contribution in [2.24, 2.45) is 0 Å². The molecule has 1 aliphatic heterocycles. The maximum Gasteiger partial charge on any atom is 0.416 e. The number of halogens is 6. The molecule has 676 valence electrons. The lowest BCUT2D eigenvalue weighted by atomic mass is 9.84. The number of alkyl carbamates (subject to hydrolysis) is 1. The number of rotatable bonds is 38. The van der Waals surface area contributed by atoms with Crippen LogP contribution < -0.4 is 52.0 Å². The molecule has 0 radical (unpaired) electrons. The Morgan fingerprint density at radius 1 is 0.488 bits per heavy atom. The van der Waals surface area contributed by atoms with Gasteiger partial charge in [0.25, 0.3) is 0 Å². The van der Waals surface area contributed by atoms with E-state index < -0.39 is 163 Å². The monoisotopic (exact) mass is 1790 g/mol. The molecule has 0 unspecified atom stereocenters. The van der Waals surface area contributed by atoms with Crippen LogP contribution in [0.1, 0.15) is 164 Å². The van der Waals surface area contributed by atoms with Gasteiger partial charge in [-0.1, -0.05) is 184 Å². The first kappa shape index (κ1) is 97.4. The smallest absolute Gasteiger partial charge is 0.416 e. The van der Waals surface area contributed by atoms with Crippen molar-refractivity contribution in [2.45, 2.75) is 220 Å². The molecule has 8 aromatic carbocycles. The van der Waals surface area contributed by atoms with Gasteiger partial charge in [-0.25, -0.2) is 4.79 Å². The second-order valence-electron chi connectivity index (χ2n) is 34.5. The number of hydrogen-bond donors (Lipinski definition) is 9. The fraction of sp³-hybridized carbons (Fsp3) is 0.392. The molecule has 1 aromatic heterocycles. The summed E-state index contributed by atoms with van der Waals surface area (Å²) in [6, 6.07) is 49.3. The molecule has 2 heterocycles. The van der Waals surface area contributed by atoms with Crippen LogP contribution in [0.3, 0.4) is 0 Å². The highest BCUT2D eigenvalue weighted by atomic mass is 32.2. The molecule has 10 rings (SSSR count). The molecule has 127 heavy (non-hydrogen) atoms. The Balaban J connectivity index is 0.940. The number of methoxy groups -OCH3 is 1. The van der Waals surface area contributed by atoms with Crippen LogP contribution in [0.5, 0.6) is 11.5 Å². The standard InChI is InChI=1S/C97H112F6N10O12S2/c1-13-14-39-75(108-84(116)76(53-61-30-19-15-20-31-61)107-80(114)59-106-87(119)81(93(8,9)126-60-63-44-46-71(123-12)47-45-63)111-85(117)77(110-90(122)125-92(5,6)7)54-62-42-48-72(49-43-62)124-91(2,3)4)89(121)113-50-29-41-79(113)86(118)112-82(94(10,11)127-95(66-32-21-16-22-33-66,67-34-23-17-24-35-67)68-36-25-18-26-37-68)88(120)109-78(55-65-58-104-74-40-28-27-38-73(65)74)83(115)105-57-64-51-69(96(98,99)100)56-70(52-64)97(101,102)103/h15-28,30-38,40,42-49,51-52,56,58,75-79,81-82,104H,13-14,29,39,41,50,53-55,57,59-60H2,1-12H3,(H,105,115)(H,106,119)(H,107,114)(H,108,116)(H,109,120)(H,110,122)(H,111,117)(H,112,118)/t75-,76-,77-,78-,79-,81-,82+/m0/s1. The summed E-state index contributed by atoms with van der Waals surface area (Å²) in [5.41, 5.74) is 0.234. The van der Waals surface area contributed by atoms with Crippen molar-refractivity contribution in [3.63, 3.8) is 0 Å². The molecule has 0 saturated carbocycles. The number of fused-ring (bicyclic) bond motifs is 1. The number of alkyl halides is 6. The predicted molar refractivity (Wildman–Crippen MR) is 480 cm³/mol. The van der Waals surface area contributed by atoms with Gasteiger partial charge in [-0.3, -0.25) is 38.4 Å². The Hall–Kier alpha value is -11.8. The molecule has 9 N–H and O–H groups in total. The van der Waals surface area contributed by atoms with Gasteiger partial charge in [0.2, 0.25) is 47.3 Å². The number of carbonyl (C=O) groups is 9. The molecule has 7 atom stereocenters. The van der Waals surface area contributed by atoms with Crippen LogP contribution >= 0.6 is 23.5 Å². The van der Waals surface area contributed by atoms with E-state index in [0.29, 0.717) is 69.8 Å². The number of benzene rings is 8. The van der Waals surface area contributed by atoms with E-state index in [1.165, 1.54) is 28.4 Å². The maximum atomic E-state index is 16.2. The average molecular weight is 1790 g/mol. The molecule has 22 nitrogen and oxygen atoms in total. The normalized spacial score (nSPS) is 14.8. The number of aromatic amines is 1. The third-order valence-electron chi connectivity index (χ3n) is 21.5. The van der Waals surface area contributed by atoms with E-state index in [2.05, 4.69) is 47.5 Å². The van der Waals surface area contributed by atoms with Gasteiger partial charge in [0, 0.05) is 64.7 Å². The van der Waals surface area contributed by atoms with Crippen molar-refractivity contribution in [3.05, 3.63) is 274 Å². The number of aromatic nitrogens is 1. The molecule has 0 bridgehead atoms. The summed E-state index contributed by atoms with van der Waals surface area (Å²) >= 11 is 2.63. The van der Waals surface area contributed by atoms with E-state index in [1.807, 2.05) is 131 Å². The lowest BCUT2D eigenvalue weighted by Crippen LogP contribution is -2.63. The zero-order chi connectivity index (χ0) is 92.2. The van der Waals surface area contributed by atoms with E-state index in [0.717, 1.165) is 22.3 Å². The number of hydrogen-bond acceptors (Lipinski definition) is 14. The predicted octanol–water partition coefficient (Wildman–Crippen LogP) is 15.6. The molecule has 0 aliphatic carbocycles. The first-order valence-electron chi connectivity index (χ1n) is 42.2. The number of H-pyrrole nitrogens is 1.